The van der Waals surface area contributed by atoms with Crippen LogP contribution in [0, 0.1) is 18.9 Å². The van der Waals surface area contributed by atoms with Gasteiger partial charge >= 0.3 is 5.97 Å². The van der Waals surface area contributed by atoms with Crippen LogP contribution in [0.5, 0.6) is 0 Å². The first-order chi connectivity index (χ1) is 4.75. The van der Waals surface area contributed by atoms with Gasteiger partial charge in [-0.1, -0.05) is 13.3 Å². The molecule has 0 aliphatic heterocycles. The second kappa shape index (κ2) is 3.04. The highest BCUT2D eigenvalue weighted by Crippen LogP contribution is 2.31. The fourth-order valence-electron chi connectivity index (χ4n) is 1.60. The van der Waals surface area contributed by atoms with Crippen LogP contribution in [0.2, 0.25) is 0 Å². The van der Waals surface area contributed by atoms with Crippen LogP contribution in [0.4, 0.5) is 0 Å². The molecule has 0 heterocycles. The van der Waals surface area contributed by atoms with Crippen LogP contribution in [0.25, 0.3) is 0 Å². The van der Waals surface area contributed by atoms with E-state index in [0.717, 1.165) is 19.3 Å². The molecule has 2 atom stereocenters. The Morgan fingerprint density at radius 2 is 2.30 bits per heavy atom. The van der Waals surface area contributed by atoms with E-state index in [9.17, 15) is 4.79 Å². The predicted molar refractivity (Wildman–Crippen MR) is 38.0 cm³/mol. The summed E-state index contributed by atoms with van der Waals surface area (Å²) in [5, 5.41) is 0. The molecule has 0 spiro atoms. The lowest BCUT2D eigenvalue weighted by molar-refractivity contribution is -0.144. The fourth-order valence-corrected chi connectivity index (χ4v) is 1.60. The first kappa shape index (κ1) is 7.58. The first-order valence-corrected chi connectivity index (χ1v) is 3.71. The van der Waals surface area contributed by atoms with Crippen LogP contribution in [-0.2, 0) is 9.53 Å². The molecule has 2 unspecified atom stereocenters. The van der Waals surface area contributed by atoms with Crippen LogP contribution in [0.1, 0.15) is 26.2 Å². The molecular formula is C8H13O2. The third-order valence-electron chi connectivity index (χ3n) is 2.31. The molecule has 0 N–H and O–H groups in total. The Morgan fingerprint density at radius 3 is 2.70 bits per heavy atom. The van der Waals surface area contributed by atoms with Gasteiger partial charge in [0, 0.05) is 0 Å². The van der Waals surface area contributed by atoms with E-state index in [1.54, 1.807) is 0 Å². The molecule has 1 radical (unpaired) electrons. The zero-order chi connectivity index (χ0) is 7.56. The summed E-state index contributed by atoms with van der Waals surface area (Å²) in [6.07, 6.45) is 3.29. The Hall–Kier alpha value is -0.530. The number of carbonyl (C=O) groups is 1. The molecule has 0 aromatic rings. The number of carbonyl (C=O) groups excluding carboxylic acids is 1. The van der Waals surface area contributed by atoms with Crippen molar-refractivity contribution in [1.82, 2.24) is 0 Å². The molecule has 0 aromatic carbocycles. The predicted octanol–water partition coefficient (Wildman–Crippen LogP) is 1.76. The van der Waals surface area contributed by atoms with Gasteiger partial charge in [0.25, 0.3) is 0 Å². The van der Waals surface area contributed by atoms with Gasteiger partial charge in [-0.25, -0.2) is 0 Å². The van der Waals surface area contributed by atoms with Gasteiger partial charge < -0.3 is 4.74 Å². The topological polar surface area (TPSA) is 26.3 Å². The summed E-state index contributed by atoms with van der Waals surface area (Å²) in [4.78, 5) is 10.9. The Labute approximate surface area is 61.6 Å². The van der Waals surface area contributed by atoms with Crippen molar-refractivity contribution in [2.24, 2.45) is 11.8 Å². The summed E-state index contributed by atoms with van der Waals surface area (Å²) in [7, 11) is 3.12. The van der Waals surface area contributed by atoms with E-state index >= 15 is 0 Å². The summed E-state index contributed by atoms with van der Waals surface area (Å²) in [5.74, 6) is 0.483. The smallest absolute Gasteiger partial charge is 0.309 e. The molecule has 0 amide bonds. The minimum Gasteiger partial charge on any atom is -0.462 e. The average molecular weight is 141 g/mol. The molecule has 1 saturated carbocycles. The van der Waals surface area contributed by atoms with Gasteiger partial charge in [-0.2, -0.15) is 0 Å². The van der Waals surface area contributed by atoms with Gasteiger partial charge in [-0.05, 0) is 18.8 Å². The molecule has 1 aliphatic carbocycles. The molecule has 57 valence electrons. The van der Waals surface area contributed by atoms with E-state index in [0.29, 0.717) is 5.92 Å². The van der Waals surface area contributed by atoms with Crippen molar-refractivity contribution in [3.63, 3.8) is 0 Å². The number of esters is 1. The van der Waals surface area contributed by atoms with Crippen LogP contribution in [0.15, 0.2) is 0 Å². The minimum absolute atomic E-state index is 0.123. The summed E-state index contributed by atoms with van der Waals surface area (Å²) in [6.45, 7) is 2.09. The zero-order valence-electron chi connectivity index (χ0n) is 6.30. The third kappa shape index (κ3) is 1.31. The number of ether oxygens (including phenoxy) is 1. The SMILES string of the molecule is [CH2]OC(=O)C1CCCC1C. The van der Waals surface area contributed by atoms with Crippen molar-refractivity contribution in [3.05, 3.63) is 7.11 Å². The monoisotopic (exact) mass is 141 g/mol. The molecule has 1 rings (SSSR count). The van der Waals surface area contributed by atoms with Crippen LogP contribution in [0.3, 0.4) is 0 Å². The maximum atomic E-state index is 10.9. The number of hydrogen-bond donors (Lipinski definition) is 0. The lowest BCUT2D eigenvalue weighted by Crippen LogP contribution is -2.17. The Bertz CT molecular complexity index is 131. The van der Waals surface area contributed by atoms with E-state index in [4.69, 9.17) is 0 Å². The lowest BCUT2D eigenvalue weighted by Gasteiger charge is -2.10. The quantitative estimate of drug-likeness (QED) is 0.520. The summed E-state index contributed by atoms with van der Waals surface area (Å²) >= 11 is 0. The molecular weight excluding hydrogens is 128 g/mol. The standard InChI is InChI=1S/C8H13O2/c1-6-4-3-5-7(6)8(9)10-2/h6-7H,2-5H2,1H3. The van der Waals surface area contributed by atoms with Gasteiger partial charge in [-0.15, -0.1) is 0 Å². The van der Waals surface area contributed by atoms with Crippen molar-refractivity contribution < 1.29 is 9.53 Å². The molecule has 2 heteroatoms. The Morgan fingerprint density at radius 1 is 1.60 bits per heavy atom. The third-order valence-corrected chi connectivity index (χ3v) is 2.31. The van der Waals surface area contributed by atoms with E-state index in [2.05, 4.69) is 18.8 Å². The maximum Gasteiger partial charge on any atom is 0.309 e. The van der Waals surface area contributed by atoms with E-state index in [1.165, 1.54) is 0 Å². The first-order valence-electron chi connectivity index (χ1n) is 3.71. The van der Waals surface area contributed by atoms with Crippen molar-refractivity contribution >= 4 is 5.97 Å². The van der Waals surface area contributed by atoms with Crippen LogP contribution >= 0.6 is 0 Å². The minimum atomic E-state index is -0.134. The molecule has 1 aliphatic rings. The van der Waals surface area contributed by atoms with Crippen LogP contribution in [-0.4, -0.2) is 5.97 Å². The van der Waals surface area contributed by atoms with E-state index < -0.39 is 0 Å². The number of hydrogen-bond acceptors (Lipinski definition) is 2. The number of rotatable bonds is 1. The molecule has 10 heavy (non-hydrogen) atoms. The summed E-state index contributed by atoms with van der Waals surface area (Å²) in [5.41, 5.74) is 0. The van der Waals surface area contributed by atoms with Crippen molar-refractivity contribution in [2.45, 2.75) is 26.2 Å². The van der Waals surface area contributed by atoms with Crippen molar-refractivity contribution in [1.29, 1.82) is 0 Å². The zero-order valence-corrected chi connectivity index (χ0v) is 6.30. The molecule has 0 bridgehead atoms. The second-order valence-corrected chi connectivity index (χ2v) is 2.98. The Balaban J connectivity index is 2.46. The Kier molecular flexibility index (Phi) is 2.30. The molecule has 0 aromatic heterocycles. The van der Waals surface area contributed by atoms with Gasteiger partial charge in [0.1, 0.15) is 7.11 Å². The second-order valence-electron chi connectivity index (χ2n) is 2.98. The highest BCUT2D eigenvalue weighted by Gasteiger charge is 2.30. The van der Waals surface area contributed by atoms with Gasteiger partial charge in [0.15, 0.2) is 0 Å². The molecule has 0 saturated heterocycles. The normalized spacial score (nSPS) is 32.2. The largest absolute Gasteiger partial charge is 0.462 e. The van der Waals surface area contributed by atoms with E-state index in [-0.39, 0.29) is 11.9 Å². The van der Waals surface area contributed by atoms with Crippen molar-refractivity contribution in [2.75, 3.05) is 0 Å². The van der Waals surface area contributed by atoms with Gasteiger partial charge in [-0.3, -0.25) is 4.79 Å². The van der Waals surface area contributed by atoms with E-state index in [1.807, 2.05) is 0 Å². The highest BCUT2D eigenvalue weighted by molar-refractivity contribution is 5.73. The lowest BCUT2D eigenvalue weighted by atomic mass is 9.99. The summed E-state index contributed by atoms with van der Waals surface area (Å²) in [6, 6.07) is 0. The maximum absolute atomic E-state index is 10.9. The summed E-state index contributed by atoms with van der Waals surface area (Å²) < 4.78 is 4.42. The highest BCUT2D eigenvalue weighted by atomic mass is 16.5. The van der Waals surface area contributed by atoms with Crippen molar-refractivity contribution in [3.8, 4) is 0 Å². The van der Waals surface area contributed by atoms with Gasteiger partial charge in [0.2, 0.25) is 0 Å². The van der Waals surface area contributed by atoms with Crippen LogP contribution < -0.4 is 0 Å². The van der Waals surface area contributed by atoms with Gasteiger partial charge in [0.05, 0.1) is 5.92 Å². The fraction of sp³-hybridized carbons (Fsp3) is 0.750. The molecule has 2 nitrogen and oxygen atoms in total. The molecule has 1 fully saturated rings. The average Bonchev–Trinajstić information content (AvgIpc) is 2.34.